The first-order valence-electron chi connectivity index (χ1n) is 11.3. The van der Waals surface area contributed by atoms with Crippen molar-refractivity contribution < 1.29 is 0 Å². The summed E-state index contributed by atoms with van der Waals surface area (Å²) in [4.78, 5) is 0. The number of benzene rings is 1. The summed E-state index contributed by atoms with van der Waals surface area (Å²) in [6, 6.07) is 12.4. The third-order valence-corrected chi connectivity index (χ3v) is 7.23. The van der Waals surface area contributed by atoms with Crippen molar-refractivity contribution in [3.63, 3.8) is 0 Å². The van der Waals surface area contributed by atoms with Crippen LogP contribution in [0.1, 0.15) is 81.8 Å². The molecule has 2 saturated carbocycles. The molecule has 2 nitrogen and oxygen atoms in total. The minimum atomic E-state index is 0.656. The summed E-state index contributed by atoms with van der Waals surface area (Å²) in [6.45, 7) is 0. The smallest absolute Gasteiger partial charge is 0.0991 e. The lowest BCUT2D eigenvalue weighted by atomic mass is 9.68. The molecule has 0 amide bonds. The Hall–Kier alpha value is -2.06. The molecule has 0 bridgehead atoms. The van der Waals surface area contributed by atoms with Crippen LogP contribution < -0.4 is 0 Å². The number of aryl methyl sites for hydroxylation is 1. The number of nitriles is 2. The number of hydrogen-bond acceptors (Lipinski definition) is 2. The summed E-state index contributed by atoms with van der Waals surface area (Å²) in [5.41, 5.74) is 2.12. The van der Waals surface area contributed by atoms with E-state index in [2.05, 4.69) is 30.3 Å². The molecule has 2 heteroatoms. The van der Waals surface area contributed by atoms with E-state index in [1.165, 1.54) is 76.2 Å². The second-order valence-electron chi connectivity index (χ2n) is 9.00. The fourth-order valence-corrected chi connectivity index (χ4v) is 5.44. The lowest BCUT2D eigenvalue weighted by Crippen LogP contribution is -2.25. The van der Waals surface area contributed by atoms with Crippen molar-refractivity contribution in [2.75, 3.05) is 0 Å². The van der Waals surface area contributed by atoms with E-state index in [0.717, 1.165) is 29.7 Å². The Bertz CT molecular complexity index is 687. The van der Waals surface area contributed by atoms with Crippen molar-refractivity contribution in [3.8, 4) is 12.1 Å². The van der Waals surface area contributed by atoms with Gasteiger partial charge in [-0.25, -0.2) is 0 Å². The number of rotatable bonds is 7. The predicted molar refractivity (Wildman–Crippen MR) is 114 cm³/mol. The SMILES string of the molecule is N#CC=C[C@H]1CC[C@H]([C@H]2CC[C@H](CCCCc3ccc(C#N)cc3)CC2)CC1. The van der Waals surface area contributed by atoms with Crippen molar-refractivity contribution in [2.24, 2.45) is 23.7 Å². The van der Waals surface area contributed by atoms with Crippen molar-refractivity contribution in [3.05, 3.63) is 47.5 Å². The van der Waals surface area contributed by atoms with E-state index in [4.69, 9.17) is 10.5 Å². The van der Waals surface area contributed by atoms with Gasteiger partial charge in [-0.05, 0) is 92.7 Å². The Morgan fingerprint density at radius 3 is 2.07 bits per heavy atom. The minimum absolute atomic E-state index is 0.656. The van der Waals surface area contributed by atoms with Gasteiger partial charge in [-0.2, -0.15) is 10.5 Å². The molecule has 0 unspecified atom stereocenters. The summed E-state index contributed by atoms with van der Waals surface area (Å²) < 4.78 is 0. The van der Waals surface area contributed by atoms with Gasteiger partial charge in [-0.3, -0.25) is 0 Å². The molecule has 2 aliphatic rings. The molecule has 0 atom stereocenters. The molecule has 0 aromatic heterocycles. The molecule has 0 radical (unpaired) electrons. The summed E-state index contributed by atoms with van der Waals surface area (Å²) >= 11 is 0. The second-order valence-corrected chi connectivity index (χ2v) is 9.00. The van der Waals surface area contributed by atoms with Gasteiger partial charge >= 0.3 is 0 Å². The Morgan fingerprint density at radius 2 is 1.46 bits per heavy atom. The first-order valence-corrected chi connectivity index (χ1v) is 11.3. The maximum atomic E-state index is 8.87. The highest BCUT2D eigenvalue weighted by atomic mass is 14.4. The molecule has 2 fully saturated rings. The fourth-order valence-electron chi connectivity index (χ4n) is 5.44. The highest BCUT2D eigenvalue weighted by molar-refractivity contribution is 5.31. The molecule has 0 saturated heterocycles. The number of unbranched alkanes of at least 4 members (excludes halogenated alkanes) is 1. The normalized spacial score (nSPS) is 27.9. The van der Waals surface area contributed by atoms with Crippen LogP contribution in [-0.2, 0) is 6.42 Å². The third-order valence-electron chi connectivity index (χ3n) is 7.23. The predicted octanol–water partition coefficient (Wildman–Crippen LogP) is 6.96. The lowest BCUT2D eigenvalue weighted by Gasteiger charge is -2.37. The van der Waals surface area contributed by atoms with E-state index in [1.54, 1.807) is 6.08 Å². The van der Waals surface area contributed by atoms with Gasteiger partial charge in [0.1, 0.15) is 0 Å². The standard InChI is InChI=1S/C26H34N2/c27-19-3-6-23-13-17-26(18-14-23)25-15-11-22(12-16-25)5-2-1-4-21-7-9-24(20-28)10-8-21/h3,6-10,22-23,25-26H,1-2,4-5,11-18H2/t22-,23-,25-,26-. The fraction of sp³-hybridized carbons (Fsp3) is 0.615. The largest absolute Gasteiger partial charge is 0.193 e. The minimum Gasteiger partial charge on any atom is -0.193 e. The molecular weight excluding hydrogens is 340 g/mol. The molecule has 28 heavy (non-hydrogen) atoms. The molecule has 0 aliphatic heterocycles. The van der Waals surface area contributed by atoms with Crippen LogP contribution in [0.25, 0.3) is 0 Å². The zero-order valence-corrected chi connectivity index (χ0v) is 17.2. The average Bonchev–Trinajstić information content (AvgIpc) is 2.76. The number of nitrogens with zero attached hydrogens (tertiary/aromatic N) is 2. The topological polar surface area (TPSA) is 47.6 Å². The maximum absolute atomic E-state index is 8.87. The van der Waals surface area contributed by atoms with Crippen LogP contribution in [0.3, 0.4) is 0 Å². The van der Waals surface area contributed by atoms with E-state index in [9.17, 15) is 0 Å². The highest BCUT2D eigenvalue weighted by Crippen LogP contribution is 2.42. The zero-order valence-electron chi connectivity index (χ0n) is 17.2. The molecule has 1 aromatic rings. The van der Waals surface area contributed by atoms with Gasteiger partial charge in [0.05, 0.1) is 17.7 Å². The van der Waals surface area contributed by atoms with E-state index in [1.807, 2.05) is 12.1 Å². The Labute approximate surface area is 171 Å². The van der Waals surface area contributed by atoms with E-state index in [0.29, 0.717) is 5.92 Å². The molecule has 0 N–H and O–H groups in total. The zero-order chi connectivity index (χ0) is 19.6. The van der Waals surface area contributed by atoms with Gasteiger partial charge in [0.15, 0.2) is 0 Å². The van der Waals surface area contributed by atoms with Crippen molar-refractivity contribution >= 4 is 0 Å². The van der Waals surface area contributed by atoms with Crippen LogP contribution in [-0.4, -0.2) is 0 Å². The van der Waals surface area contributed by atoms with Crippen LogP contribution in [0.5, 0.6) is 0 Å². The van der Waals surface area contributed by atoms with Crippen LogP contribution in [0.2, 0.25) is 0 Å². The van der Waals surface area contributed by atoms with Crippen LogP contribution >= 0.6 is 0 Å². The first kappa shape index (κ1) is 20.7. The number of allylic oxidation sites excluding steroid dienone is 2. The van der Waals surface area contributed by atoms with Crippen LogP contribution in [0, 0.1) is 46.3 Å². The van der Waals surface area contributed by atoms with Crippen molar-refractivity contribution in [1.29, 1.82) is 10.5 Å². The molecule has 2 aliphatic carbocycles. The van der Waals surface area contributed by atoms with E-state index >= 15 is 0 Å². The third kappa shape index (κ3) is 6.24. The van der Waals surface area contributed by atoms with Gasteiger partial charge in [0.25, 0.3) is 0 Å². The second kappa shape index (κ2) is 11.1. The Morgan fingerprint density at radius 1 is 0.821 bits per heavy atom. The van der Waals surface area contributed by atoms with Crippen molar-refractivity contribution in [2.45, 2.75) is 77.0 Å². The molecule has 1 aromatic carbocycles. The molecule has 0 heterocycles. The average molecular weight is 375 g/mol. The molecular formula is C26H34N2. The van der Waals surface area contributed by atoms with Gasteiger partial charge in [0, 0.05) is 6.08 Å². The first-order chi connectivity index (χ1) is 13.8. The summed E-state index contributed by atoms with van der Waals surface area (Å²) in [7, 11) is 0. The molecule has 3 rings (SSSR count). The monoisotopic (exact) mass is 374 g/mol. The summed E-state index contributed by atoms with van der Waals surface area (Å²) in [5.74, 6) is 3.52. The van der Waals surface area contributed by atoms with Gasteiger partial charge in [-0.15, -0.1) is 0 Å². The molecule has 148 valence electrons. The molecule has 0 spiro atoms. The van der Waals surface area contributed by atoms with Gasteiger partial charge in [0.2, 0.25) is 0 Å². The van der Waals surface area contributed by atoms with Gasteiger partial charge < -0.3 is 0 Å². The highest BCUT2D eigenvalue weighted by Gasteiger charge is 2.30. The Balaban J connectivity index is 1.29. The summed E-state index contributed by atoms with van der Waals surface area (Å²) in [5, 5.41) is 17.6. The lowest BCUT2D eigenvalue weighted by molar-refractivity contribution is 0.151. The van der Waals surface area contributed by atoms with E-state index in [-0.39, 0.29) is 0 Å². The van der Waals surface area contributed by atoms with Gasteiger partial charge in [-0.1, -0.05) is 43.9 Å². The quantitative estimate of drug-likeness (QED) is 0.382. The maximum Gasteiger partial charge on any atom is 0.0991 e. The van der Waals surface area contributed by atoms with E-state index < -0.39 is 0 Å². The van der Waals surface area contributed by atoms with Crippen LogP contribution in [0.4, 0.5) is 0 Å². The summed E-state index contributed by atoms with van der Waals surface area (Å²) in [6.07, 6.45) is 20.1. The van der Waals surface area contributed by atoms with Crippen molar-refractivity contribution in [1.82, 2.24) is 0 Å². The Kier molecular flexibility index (Phi) is 8.17. The van der Waals surface area contributed by atoms with Crippen LogP contribution in [0.15, 0.2) is 36.4 Å². The number of hydrogen-bond donors (Lipinski definition) is 0.